The van der Waals surface area contributed by atoms with E-state index in [4.69, 9.17) is 0 Å². The molecule has 0 aromatic heterocycles. The third-order valence-electron chi connectivity index (χ3n) is 5.13. The van der Waals surface area contributed by atoms with Crippen molar-refractivity contribution in [3.8, 4) is 0 Å². The predicted molar refractivity (Wildman–Crippen MR) is 92.1 cm³/mol. The molecule has 1 saturated heterocycles. The normalized spacial score (nSPS) is 26.8. The van der Waals surface area contributed by atoms with Crippen LogP contribution in [0.5, 0.6) is 0 Å². The summed E-state index contributed by atoms with van der Waals surface area (Å²) < 4.78 is 0. The SMILES string of the molecule is CCC(=O)C1=C(c2ccc3ccccc3c2)CC2CC(O)C1N2. The van der Waals surface area contributed by atoms with E-state index in [2.05, 4.69) is 35.6 Å². The fourth-order valence-corrected chi connectivity index (χ4v) is 4.01. The lowest BCUT2D eigenvalue weighted by atomic mass is 9.86. The van der Waals surface area contributed by atoms with Crippen LogP contribution >= 0.6 is 0 Å². The molecule has 0 saturated carbocycles. The Hall–Kier alpha value is -1.97. The zero-order chi connectivity index (χ0) is 16.0. The van der Waals surface area contributed by atoms with Gasteiger partial charge in [-0.3, -0.25) is 4.79 Å². The van der Waals surface area contributed by atoms with Crippen molar-refractivity contribution in [3.05, 3.63) is 53.6 Å². The van der Waals surface area contributed by atoms with Gasteiger partial charge in [0.2, 0.25) is 0 Å². The molecule has 0 radical (unpaired) electrons. The molecular weight excluding hydrogens is 286 g/mol. The summed E-state index contributed by atoms with van der Waals surface area (Å²) in [6.07, 6.45) is 1.56. The predicted octanol–water partition coefficient (Wildman–Crippen LogP) is 3.07. The number of carbonyl (C=O) groups is 1. The molecule has 23 heavy (non-hydrogen) atoms. The maximum atomic E-state index is 12.5. The largest absolute Gasteiger partial charge is 0.391 e. The monoisotopic (exact) mass is 307 g/mol. The molecule has 2 N–H and O–H groups in total. The quantitative estimate of drug-likeness (QED) is 0.916. The molecule has 2 aromatic rings. The highest BCUT2D eigenvalue weighted by atomic mass is 16.3. The molecule has 0 aliphatic carbocycles. The zero-order valence-electron chi connectivity index (χ0n) is 13.3. The maximum Gasteiger partial charge on any atom is 0.160 e. The zero-order valence-corrected chi connectivity index (χ0v) is 13.3. The van der Waals surface area contributed by atoms with Crippen LogP contribution in [0, 0.1) is 0 Å². The van der Waals surface area contributed by atoms with E-state index in [1.54, 1.807) is 0 Å². The Balaban J connectivity index is 1.88. The van der Waals surface area contributed by atoms with Gasteiger partial charge in [-0.05, 0) is 40.8 Å². The van der Waals surface area contributed by atoms with Crippen molar-refractivity contribution in [1.82, 2.24) is 5.32 Å². The summed E-state index contributed by atoms with van der Waals surface area (Å²) in [5, 5.41) is 16.1. The van der Waals surface area contributed by atoms with Gasteiger partial charge in [0, 0.05) is 18.0 Å². The van der Waals surface area contributed by atoms with E-state index in [9.17, 15) is 9.90 Å². The molecule has 0 amide bonds. The average Bonchev–Trinajstić information content (AvgIpc) is 2.88. The second kappa shape index (κ2) is 5.59. The van der Waals surface area contributed by atoms with Crippen LogP contribution in [0.15, 0.2) is 48.0 Å². The average molecular weight is 307 g/mol. The van der Waals surface area contributed by atoms with Gasteiger partial charge in [0.15, 0.2) is 5.78 Å². The molecular formula is C20H21NO2. The molecule has 2 aromatic carbocycles. The first kappa shape index (κ1) is 14.6. The van der Waals surface area contributed by atoms with Crippen LogP contribution < -0.4 is 5.32 Å². The molecule has 2 bridgehead atoms. The molecule has 2 aliphatic heterocycles. The highest BCUT2D eigenvalue weighted by Gasteiger charge is 2.42. The lowest BCUT2D eigenvalue weighted by Gasteiger charge is -2.28. The maximum absolute atomic E-state index is 12.5. The molecule has 4 rings (SSSR count). The van der Waals surface area contributed by atoms with Crippen LogP contribution in [0.4, 0.5) is 0 Å². The van der Waals surface area contributed by atoms with Gasteiger partial charge in [-0.1, -0.05) is 43.3 Å². The van der Waals surface area contributed by atoms with E-state index < -0.39 is 6.10 Å². The number of Topliss-reactive ketones (excluding diaryl/α,β-unsaturated/α-hetero) is 1. The van der Waals surface area contributed by atoms with Gasteiger partial charge in [-0.15, -0.1) is 0 Å². The Morgan fingerprint density at radius 3 is 2.78 bits per heavy atom. The number of rotatable bonds is 3. The fraction of sp³-hybridized carbons (Fsp3) is 0.350. The number of carbonyl (C=O) groups excluding carboxylic acids is 1. The molecule has 0 spiro atoms. The van der Waals surface area contributed by atoms with E-state index in [0.29, 0.717) is 6.42 Å². The summed E-state index contributed by atoms with van der Waals surface area (Å²) >= 11 is 0. The second-order valence-corrected chi connectivity index (χ2v) is 6.58. The van der Waals surface area contributed by atoms with Gasteiger partial charge >= 0.3 is 0 Å². The van der Waals surface area contributed by atoms with Gasteiger partial charge in [0.05, 0.1) is 12.1 Å². The highest BCUT2D eigenvalue weighted by molar-refractivity contribution is 6.05. The molecule has 2 aliphatic rings. The Bertz CT molecular complexity index is 808. The minimum absolute atomic E-state index is 0.144. The van der Waals surface area contributed by atoms with Crippen molar-refractivity contribution < 1.29 is 9.90 Å². The summed E-state index contributed by atoms with van der Waals surface area (Å²) in [5.74, 6) is 0.144. The van der Waals surface area contributed by atoms with Crippen molar-refractivity contribution in [2.24, 2.45) is 0 Å². The highest BCUT2D eigenvalue weighted by Crippen LogP contribution is 2.38. The standard InChI is InChI=1S/C20H21NO2/c1-2-17(22)19-16(10-15-11-18(23)20(19)21-15)14-8-7-12-5-3-4-6-13(12)9-14/h3-9,15,18,20-21,23H,2,10-11H2,1H3. The lowest BCUT2D eigenvalue weighted by molar-refractivity contribution is -0.115. The Morgan fingerprint density at radius 2 is 2.00 bits per heavy atom. The van der Waals surface area contributed by atoms with E-state index in [1.165, 1.54) is 10.8 Å². The Labute approximate surface area is 136 Å². The van der Waals surface area contributed by atoms with E-state index in [1.807, 2.05) is 19.1 Å². The number of aliphatic hydroxyl groups excluding tert-OH is 1. The molecule has 3 heteroatoms. The minimum atomic E-state index is -0.455. The van der Waals surface area contributed by atoms with Crippen LogP contribution in [0.2, 0.25) is 0 Å². The fourth-order valence-electron chi connectivity index (χ4n) is 4.01. The summed E-state index contributed by atoms with van der Waals surface area (Å²) in [6.45, 7) is 1.89. The summed E-state index contributed by atoms with van der Waals surface area (Å²) in [7, 11) is 0. The second-order valence-electron chi connectivity index (χ2n) is 6.58. The van der Waals surface area contributed by atoms with Gasteiger partial charge in [0.25, 0.3) is 0 Å². The van der Waals surface area contributed by atoms with Crippen molar-refractivity contribution in [2.75, 3.05) is 0 Å². The third-order valence-corrected chi connectivity index (χ3v) is 5.13. The van der Waals surface area contributed by atoms with Crippen LogP contribution in [0.25, 0.3) is 16.3 Å². The summed E-state index contributed by atoms with van der Waals surface area (Å²) in [4.78, 5) is 12.5. The van der Waals surface area contributed by atoms with Gasteiger partial charge < -0.3 is 10.4 Å². The van der Waals surface area contributed by atoms with Crippen LogP contribution in [-0.2, 0) is 4.79 Å². The van der Waals surface area contributed by atoms with Gasteiger partial charge in [-0.2, -0.15) is 0 Å². The third kappa shape index (κ3) is 2.41. The number of nitrogens with one attached hydrogen (secondary N) is 1. The Morgan fingerprint density at radius 1 is 1.22 bits per heavy atom. The molecule has 3 unspecified atom stereocenters. The van der Waals surface area contributed by atoms with Gasteiger partial charge in [-0.25, -0.2) is 0 Å². The van der Waals surface area contributed by atoms with Crippen LogP contribution in [0.3, 0.4) is 0 Å². The molecule has 118 valence electrons. The van der Waals surface area contributed by atoms with E-state index in [-0.39, 0.29) is 17.9 Å². The van der Waals surface area contributed by atoms with Crippen molar-refractivity contribution in [2.45, 2.75) is 44.4 Å². The number of ketones is 1. The first-order chi connectivity index (χ1) is 11.2. The first-order valence-corrected chi connectivity index (χ1v) is 8.37. The van der Waals surface area contributed by atoms with Crippen LogP contribution in [-0.4, -0.2) is 29.1 Å². The Kier molecular flexibility index (Phi) is 3.55. The smallest absolute Gasteiger partial charge is 0.160 e. The lowest BCUT2D eigenvalue weighted by Crippen LogP contribution is -2.41. The molecule has 3 atom stereocenters. The van der Waals surface area contributed by atoms with E-state index >= 15 is 0 Å². The number of hydrogen-bond acceptors (Lipinski definition) is 3. The van der Waals surface area contributed by atoms with Crippen molar-refractivity contribution >= 4 is 22.1 Å². The summed E-state index contributed by atoms with van der Waals surface area (Å²) in [6, 6.07) is 14.7. The molecule has 1 fully saturated rings. The number of aliphatic hydroxyl groups is 1. The van der Waals surface area contributed by atoms with Crippen LogP contribution in [0.1, 0.15) is 31.7 Å². The topological polar surface area (TPSA) is 49.3 Å². The molecule has 3 nitrogen and oxygen atoms in total. The first-order valence-electron chi connectivity index (χ1n) is 8.37. The number of hydrogen-bond donors (Lipinski definition) is 2. The minimum Gasteiger partial charge on any atom is -0.391 e. The number of benzene rings is 2. The molecule has 2 heterocycles. The number of fused-ring (bicyclic) bond motifs is 3. The van der Waals surface area contributed by atoms with Crippen molar-refractivity contribution in [1.29, 1.82) is 0 Å². The van der Waals surface area contributed by atoms with E-state index in [0.717, 1.165) is 29.6 Å². The van der Waals surface area contributed by atoms with Gasteiger partial charge in [0.1, 0.15) is 0 Å². The van der Waals surface area contributed by atoms with Crippen molar-refractivity contribution in [3.63, 3.8) is 0 Å². The summed E-state index contributed by atoms with van der Waals surface area (Å²) in [5.41, 5.74) is 3.03.